The van der Waals surface area contributed by atoms with E-state index in [0.29, 0.717) is 41.3 Å². The van der Waals surface area contributed by atoms with Crippen LogP contribution in [0.15, 0.2) is 28.1 Å². The molecule has 1 N–H and O–H groups in total. The van der Waals surface area contributed by atoms with Gasteiger partial charge in [0.1, 0.15) is 10.5 Å². The van der Waals surface area contributed by atoms with E-state index in [1.54, 1.807) is 18.3 Å². The molecule has 2 aromatic heterocycles. The van der Waals surface area contributed by atoms with Crippen LogP contribution in [-0.4, -0.2) is 76.4 Å². The first-order valence-corrected chi connectivity index (χ1v) is 10.3. The number of oxazole rings is 1. The number of fused-ring (bicyclic) bond motifs is 3. The van der Waals surface area contributed by atoms with E-state index >= 15 is 0 Å². The van der Waals surface area contributed by atoms with Crippen LogP contribution in [-0.2, 0) is 4.84 Å². The maximum atomic E-state index is 12.7. The Morgan fingerprint density at radius 3 is 2.73 bits per heavy atom. The number of rotatable bonds is 4. The van der Waals surface area contributed by atoms with Crippen LogP contribution in [0.25, 0.3) is 21.7 Å². The molecule has 3 saturated heterocycles. The number of hydrogen-bond donors (Lipinski definition) is 1. The average Bonchev–Trinajstić information content (AvgIpc) is 3.41. The Kier molecular flexibility index (Phi) is 4.36. The van der Waals surface area contributed by atoms with Gasteiger partial charge in [-0.3, -0.25) is 14.5 Å². The number of hydrogen-bond acceptors (Lipinski definition) is 8. The zero-order valence-electron chi connectivity index (χ0n) is 16.3. The molecule has 1 aromatic carbocycles. The molecule has 11 heteroatoms. The van der Waals surface area contributed by atoms with Crippen molar-refractivity contribution >= 4 is 40.5 Å². The van der Waals surface area contributed by atoms with Gasteiger partial charge >= 0.3 is 6.09 Å². The summed E-state index contributed by atoms with van der Waals surface area (Å²) in [4.78, 5) is 41.5. The van der Waals surface area contributed by atoms with Crippen LogP contribution in [0, 0.1) is 0 Å². The van der Waals surface area contributed by atoms with Crippen LogP contribution < -0.4 is 4.90 Å². The summed E-state index contributed by atoms with van der Waals surface area (Å²) in [7, 11) is 2.96. The molecular formula is C19H19N5O5S. The summed E-state index contributed by atoms with van der Waals surface area (Å²) in [5.74, 6) is -0.307. The van der Waals surface area contributed by atoms with Crippen molar-refractivity contribution in [2.24, 2.45) is 0 Å². The second-order valence-electron chi connectivity index (χ2n) is 7.33. The number of benzene rings is 1. The Labute approximate surface area is 175 Å². The quantitative estimate of drug-likeness (QED) is 0.630. The fraction of sp³-hybridized carbons (Fsp3) is 0.368. The molecule has 5 heterocycles. The fourth-order valence-corrected chi connectivity index (χ4v) is 4.79. The largest absolute Gasteiger partial charge is 0.465 e. The van der Waals surface area contributed by atoms with Crippen molar-refractivity contribution < 1.29 is 24.0 Å². The summed E-state index contributed by atoms with van der Waals surface area (Å²) in [6.45, 7) is 1.06. The number of nitrogens with zero attached hydrogens (tertiary/aromatic N) is 5. The first kappa shape index (κ1) is 18.8. The molecule has 2 bridgehead atoms. The van der Waals surface area contributed by atoms with Gasteiger partial charge in [-0.15, -0.1) is 11.3 Å². The molecule has 2 atom stereocenters. The lowest BCUT2D eigenvalue weighted by atomic mass is 9.88. The number of anilines is 1. The highest BCUT2D eigenvalue weighted by atomic mass is 32.1. The average molecular weight is 429 g/mol. The monoisotopic (exact) mass is 429 g/mol. The van der Waals surface area contributed by atoms with Crippen molar-refractivity contribution in [2.75, 3.05) is 32.1 Å². The molecule has 0 aliphatic carbocycles. The van der Waals surface area contributed by atoms with Crippen LogP contribution in [0.4, 0.5) is 10.8 Å². The number of thiazole rings is 1. The van der Waals surface area contributed by atoms with E-state index in [0.717, 1.165) is 16.5 Å². The van der Waals surface area contributed by atoms with Crippen LogP contribution >= 0.6 is 11.3 Å². The Hall–Kier alpha value is -3.18. The van der Waals surface area contributed by atoms with Crippen molar-refractivity contribution in [1.29, 1.82) is 0 Å². The second-order valence-corrected chi connectivity index (χ2v) is 8.22. The van der Waals surface area contributed by atoms with Gasteiger partial charge in [-0.05, 0) is 18.6 Å². The standard InChI is InChI=1S/C19H19N5O5S/c1-22(28-2)17(25)10-5-13(16-20-3-4-30-16)15-14(6-10)21-18(29-15)23-8-11-7-12(9-23)24(11)19(26)27/h3-6,11-12H,7-9H2,1-2H3,(H,26,27). The molecule has 0 saturated carbocycles. The molecule has 0 radical (unpaired) electrons. The Morgan fingerprint density at radius 1 is 1.33 bits per heavy atom. The third-order valence-corrected chi connectivity index (χ3v) is 6.44. The lowest BCUT2D eigenvalue weighted by molar-refractivity contribution is -0.0756. The van der Waals surface area contributed by atoms with Crippen molar-refractivity contribution in [1.82, 2.24) is 19.9 Å². The minimum Gasteiger partial charge on any atom is -0.465 e. The van der Waals surface area contributed by atoms with Gasteiger partial charge in [0, 0.05) is 37.3 Å². The van der Waals surface area contributed by atoms with Gasteiger partial charge in [-0.25, -0.2) is 14.8 Å². The number of hydroxylamine groups is 2. The van der Waals surface area contributed by atoms with E-state index in [9.17, 15) is 14.7 Å². The van der Waals surface area contributed by atoms with Crippen LogP contribution in [0.2, 0.25) is 0 Å². The third-order valence-electron chi connectivity index (χ3n) is 5.63. The number of piperidine rings is 1. The maximum Gasteiger partial charge on any atom is 0.407 e. The van der Waals surface area contributed by atoms with Crippen LogP contribution in [0.5, 0.6) is 0 Å². The van der Waals surface area contributed by atoms with Crippen LogP contribution in [0.1, 0.15) is 16.8 Å². The van der Waals surface area contributed by atoms with Gasteiger partial charge in [0.2, 0.25) is 0 Å². The minimum atomic E-state index is -0.884. The van der Waals surface area contributed by atoms with E-state index in [1.807, 2.05) is 10.3 Å². The highest BCUT2D eigenvalue weighted by Crippen LogP contribution is 2.38. The number of carbonyl (C=O) groups excluding carboxylic acids is 1. The number of piperazine rings is 1. The highest BCUT2D eigenvalue weighted by molar-refractivity contribution is 7.13. The lowest BCUT2D eigenvalue weighted by Gasteiger charge is -2.54. The van der Waals surface area contributed by atoms with Gasteiger partial charge in [0.25, 0.3) is 11.9 Å². The predicted molar refractivity (Wildman–Crippen MR) is 108 cm³/mol. The van der Waals surface area contributed by atoms with Crippen molar-refractivity contribution in [2.45, 2.75) is 18.5 Å². The molecule has 10 nitrogen and oxygen atoms in total. The van der Waals surface area contributed by atoms with Crippen molar-refractivity contribution in [3.05, 3.63) is 29.3 Å². The summed E-state index contributed by atoms with van der Waals surface area (Å²) in [5, 5.41) is 13.0. The molecule has 30 heavy (non-hydrogen) atoms. The van der Waals surface area contributed by atoms with Crippen molar-refractivity contribution in [3.8, 4) is 10.6 Å². The topological polar surface area (TPSA) is 112 Å². The Morgan fingerprint density at radius 2 is 2.10 bits per heavy atom. The molecule has 2 unspecified atom stereocenters. The van der Waals surface area contributed by atoms with Gasteiger partial charge in [0.15, 0.2) is 5.58 Å². The molecule has 6 rings (SSSR count). The lowest BCUT2D eigenvalue weighted by Crippen LogP contribution is -2.70. The molecule has 156 valence electrons. The molecule has 0 spiro atoms. The van der Waals surface area contributed by atoms with E-state index in [1.165, 1.54) is 30.4 Å². The summed E-state index contributed by atoms with van der Waals surface area (Å²) >= 11 is 1.44. The zero-order chi connectivity index (χ0) is 21.0. The zero-order valence-corrected chi connectivity index (χ0v) is 17.1. The number of carbonyl (C=O) groups is 2. The molecule has 3 fully saturated rings. The number of amides is 2. The SMILES string of the molecule is CON(C)C(=O)c1cc(-c2nccs2)c2oc(N3CC4CC(C3)N4C(=O)O)nc2c1. The van der Waals surface area contributed by atoms with Gasteiger partial charge in [0.05, 0.1) is 24.8 Å². The highest BCUT2D eigenvalue weighted by Gasteiger charge is 2.48. The summed E-state index contributed by atoms with van der Waals surface area (Å²) < 4.78 is 6.11. The minimum absolute atomic E-state index is 0.0535. The first-order valence-electron chi connectivity index (χ1n) is 9.39. The van der Waals surface area contributed by atoms with E-state index in [-0.39, 0.29) is 18.0 Å². The van der Waals surface area contributed by atoms with Gasteiger partial charge < -0.3 is 14.4 Å². The summed E-state index contributed by atoms with van der Waals surface area (Å²) in [6.07, 6.45) is 1.66. The van der Waals surface area contributed by atoms with Gasteiger partial charge in [-0.1, -0.05) is 0 Å². The van der Waals surface area contributed by atoms with Crippen LogP contribution in [0.3, 0.4) is 0 Å². The fourth-order valence-electron chi connectivity index (χ4n) is 4.14. The molecule has 3 aliphatic rings. The van der Waals surface area contributed by atoms with E-state index in [4.69, 9.17) is 9.25 Å². The van der Waals surface area contributed by atoms with Crippen molar-refractivity contribution in [3.63, 3.8) is 0 Å². The van der Waals surface area contributed by atoms with Gasteiger partial charge in [-0.2, -0.15) is 4.98 Å². The Balaban J connectivity index is 1.54. The third kappa shape index (κ3) is 2.89. The smallest absolute Gasteiger partial charge is 0.407 e. The summed E-state index contributed by atoms with van der Waals surface area (Å²) in [6, 6.07) is 3.72. The number of aromatic nitrogens is 2. The molecule has 2 amide bonds. The Bertz CT molecular complexity index is 1120. The predicted octanol–water partition coefficient (Wildman–Crippen LogP) is 2.53. The molecular weight excluding hydrogens is 410 g/mol. The molecule has 3 aliphatic heterocycles. The van der Waals surface area contributed by atoms with E-state index < -0.39 is 6.09 Å². The maximum absolute atomic E-state index is 12.7. The molecule has 3 aromatic rings. The number of carboxylic acid groups (broad SMARTS) is 1. The first-order chi connectivity index (χ1) is 14.5. The van der Waals surface area contributed by atoms with E-state index in [2.05, 4.69) is 9.97 Å². The normalized spacial score (nSPS) is 20.3. The second kappa shape index (κ2) is 6.96. The summed E-state index contributed by atoms with van der Waals surface area (Å²) in [5.41, 5.74) is 2.18.